The molecule has 0 amide bonds. The molecule has 0 aliphatic rings. The van der Waals surface area contributed by atoms with Crippen LogP contribution in [-0.2, 0) is 55.8 Å². The van der Waals surface area contributed by atoms with Crippen LogP contribution in [0.5, 0.6) is 0 Å². The normalized spacial score (nSPS) is 14.5. The van der Waals surface area contributed by atoms with Crippen molar-refractivity contribution in [1.82, 2.24) is 0 Å². The molecule has 4 N–H and O–H groups in total. The Balaban J connectivity index is 4.42. The van der Waals surface area contributed by atoms with Crippen molar-refractivity contribution in [2.45, 2.75) is 373 Å². The van der Waals surface area contributed by atoms with Crippen molar-refractivity contribution >= 4 is 33.6 Å². The highest BCUT2D eigenvalue weighted by atomic mass is 31.2. The van der Waals surface area contributed by atoms with Crippen LogP contribution in [0.15, 0.2) is 109 Å². The van der Waals surface area contributed by atoms with Crippen molar-refractivity contribution in [3.63, 3.8) is 0 Å². The van der Waals surface area contributed by atoms with E-state index in [4.69, 9.17) is 32.3 Å². The maximum Gasteiger partial charge on any atom is 0.472 e. The van der Waals surface area contributed by atoms with E-state index in [0.717, 1.165) is 135 Å². The van der Waals surface area contributed by atoms with Gasteiger partial charge in [-0.25, -0.2) is 9.13 Å². The third kappa shape index (κ3) is 79.1. The summed E-state index contributed by atoms with van der Waals surface area (Å²) in [5.74, 6) is -1.57. The molecule has 596 valence electrons. The molecule has 103 heavy (non-hydrogen) atoms. The van der Waals surface area contributed by atoms with E-state index >= 15 is 0 Å². The van der Waals surface area contributed by atoms with Gasteiger partial charge < -0.3 is 34.2 Å². The van der Waals surface area contributed by atoms with Crippen LogP contribution in [0.1, 0.15) is 355 Å². The maximum absolute atomic E-state index is 12.9. The molecular weight excluding hydrogens is 1340 g/mol. The zero-order valence-electron chi connectivity index (χ0n) is 65.2. The van der Waals surface area contributed by atoms with Gasteiger partial charge in [0.1, 0.15) is 25.4 Å². The lowest BCUT2D eigenvalue weighted by atomic mass is 10.0. The number of esters is 3. The van der Waals surface area contributed by atoms with Gasteiger partial charge in [-0.2, -0.15) is 0 Å². The average Bonchev–Trinajstić information content (AvgIpc) is 0.915. The fourth-order valence-electron chi connectivity index (χ4n) is 11.2. The minimum Gasteiger partial charge on any atom is -0.463 e. The number of hydrogen-bond acceptors (Lipinski definition) is 14. The van der Waals surface area contributed by atoms with Gasteiger partial charge in [0, 0.05) is 19.3 Å². The van der Waals surface area contributed by atoms with Crippen molar-refractivity contribution in [3.05, 3.63) is 109 Å². The molecule has 0 saturated carbocycles. The lowest BCUT2D eigenvalue weighted by Gasteiger charge is -2.21. The first kappa shape index (κ1) is 99.2. The number of carbonyl (C=O) groups is 3. The number of unbranched alkanes of at least 4 members (excludes halogenated alkanes) is 37. The largest absolute Gasteiger partial charge is 0.472 e. The van der Waals surface area contributed by atoms with Crippen LogP contribution in [-0.4, -0.2) is 95.9 Å². The smallest absolute Gasteiger partial charge is 0.463 e. The second-order valence-electron chi connectivity index (χ2n) is 27.6. The van der Waals surface area contributed by atoms with Crippen LogP contribution in [0.3, 0.4) is 0 Å². The van der Waals surface area contributed by atoms with E-state index in [1.807, 2.05) is 0 Å². The standard InChI is InChI=1S/C85H150O16P2/c1-4-7-10-13-16-19-22-24-26-28-30-32-34-36-38-39-41-43-44-46-48-50-52-54-57-59-62-65-68-71-83(88)95-74-80(86)75-97-102(91,92)98-76-81(87)77-99-103(93,94)100-79-82(101-85(90)73-70-67-64-61-56-21-18-15-12-9-6-3)78-96-84(89)72-69-66-63-60-58-55-53-51-49-47-45-42-40-37-35-33-31-29-27-25-23-20-17-14-11-8-5-2/h7,10,16-17,19-20,24-27,30-33,36-38,40,80-82,86-87H,4-6,8-9,11-15,18,21-23,28-29,34-35,39,41-79H2,1-3H3,(H,91,92)(H,93,94)/b10-7-,19-16-,20-17-,26-24-,27-25-,32-30-,33-31-,38-36-,40-37-. The first-order chi connectivity index (χ1) is 50.2. The van der Waals surface area contributed by atoms with Gasteiger partial charge in [-0.05, 0) is 109 Å². The summed E-state index contributed by atoms with van der Waals surface area (Å²) in [7, 11) is -9.78. The molecule has 0 aliphatic carbocycles. The Morgan fingerprint density at radius 1 is 0.282 bits per heavy atom. The molecule has 16 nitrogen and oxygen atoms in total. The van der Waals surface area contributed by atoms with Gasteiger partial charge in [-0.15, -0.1) is 0 Å². The first-order valence-electron chi connectivity index (χ1n) is 41.2. The molecule has 0 radical (unpaired) electrons. The molecule has 18 heteroatoms. The van der Waals surface area contributed by atoms with E-state index in [1.54, 1.807) is 0 Å². The minimum atomic E-state index is -4.93. The lowest BCUT2D eigenvalue weighted by Crippen LogP contribution is -2.30. The number of aliphatic hydroxyl groups excluding tert-OH is 2. The van der Waals surface area contributed by atoms with Gasteiger partial charge in [0.05, 0.1) is 26.4 Å². The summed E-state index contributed by atoms with van der Waals surface area (Å²) in [5, 5.41) is 20.6. The molecule has 5 atom stereocenters. The van der Waals surface area contributed by atoms with Crippen molar-refractivity contribution in [3.8, 4) is 0 Å². The first-order valence-corrected chi connectivity index (χ1v) is 44.2. The predicted octanol–water partition coefficient (Wildman–Crippen LogP) is 24.3. The van der Waals surface area contributed by atoms with Crippen LogP contribution in [0.4, 0.5) is 0 Å². The third-order valence-electron chi connectivity index (χ3n) is 17.5. The van der Waals surface area contributed by atoms with Crippen LogP contribution < -0.4 is 0 Å². The molecule has 5 unspecified atom stereocenters. The molecule has 0 fully saturated rings. The second kappa shape index (κ2) is 77.8. The number of aliphatic hydroxyl groups is 2. The van der Waals surface area contributed by atoms with Gasteiger partial charge in [0.2, 0.25) is 0 Å². The highest BCUT2D eigenvalue weighted by molar-refractivity contribution is 7.47. The summed E-state index contributed by atoms with van der Waals surface area (Å²) in [5.41, 5.74) is 0. The number of phosphoric acid groups is 2. The Bertz CT molecular complexity index is 2310. The second-order valence-corrected chi connectivity index (χ2v) is 30.5. The number of hydrogen-bond donors (Lipinski definition) is 4. The minimum absolute atomic E-state index is 0.107. The highest BCUT2D eigenvalue weighted by Gasteiger charge is 2.29. The van der Waals surface area contributed by atoms with E-state index in [2.05, 4.69) is 130 Å². The third-order valence-corrected chi connectivity index (χ3v) is 19.4. The maximum atomic E-state index is 12.9. The summed E-state index contributed by atoms with van der Waals surface area (Å²) < 4.78 is 61.1. The Morgan fingerprint density at radius 3 is 0.835 bits per heavy atom. The molecule has 0 aromatic heterocycles. The van der Waals surface area contributed by atoms with Gasteiger partial charge in [0.25, 0.3) is 0 Å². The fraction of sp³-hybridized carbons (Fsp3) is 0.753. The number of ether oxygens (including phenoxy) is 3. The van der Waals surface area contributed by atoms with E-state index in [9.17, 15) is 43.5 Å². The Kier molecular flexibility index (Phi) is 74.9. The zero-order chi connectivity index (χ0) is 75.2. The van der Waals surface area contributed by atoms with Crippen LogP contribution in [0, 0.1) is 0 Å². The number of allylic oxidation sites excluding steroid dienone is 18. The molecule has 0 aromatic rings. The Hall–Kier alpha value is -3.79. The molecule has 0 heterocycles. The van der Waals surface area contributed by atoms with E-state index in [1.165, 1.54) is 161 Å². The van der Waals surface area contributed by atoms with Gasteiger partial charge >= 0.3 is 33.6 Å². The molecule has 0 rings (SSSR count). The Morgan fingerprint density at radius 2 is 0.515 bits per heavy atom. The van der Waals surface area contributed by atoms with Gasteiger partial charge in [-0.1, -0.05) is 336 Å². The summed E-state index contributed by atoms with van der Waals surface area (Å²) in [6, 6.07) is 0. The summed E-state index contributed by atoms with van der Waals surface area (Å²) >= 11 is 0. The molecule has 0 bridgehead atoms. The SMILES string of the molecule is CC/C=C\C/C=C\C/C=C\C/C=C\C/C=C\CCCCCCCCCCCCCCCC(=O)OCC(O)COP(=O)(O)OCC(O)COP(=O)(O)OCC(COC(=O)CCCCCCCCCCCCC/C=C\C/C=C\C/C=C\C/C=C\CCCCC)OC(=O)CCCCCCCCCCCCC. The molecule has 0 saturated heterocycles. The van der Waals surface area contributed by atoms with Crippen molar-refractivity contribution in [1.29, 1.82) is 0 Å². The van der Waals surface area contributed by atoms with Gasteiger partial charge in [0.15, 0.2) is 6.10 Å². The Labute approximate surface area is 628 Å². The predicted molar refractivity (Wildman–Crippen MR) is 427 cm³/mol. The number of rotatable bonds is 78. The summed E-state index contributed by atoms with van der Waals surface area (Å²) in [4.78, 5) is 58.6. The highest BCUT2D eigenvalue weighted by Crippen LogP contribution is 2.45. The molecule has 0 spiro atoms. The van der Waals surface area contributed by atoms with Crippen molar-refractivity contribution in [2.24, 2.45) is 0 Å². The van der Waals surface area contributed by atoms with Crippen molar-refractivity contribution < 1.29 is 75.8 Å². The molecule has 0 aliphatic heterocycles. The van der Waals surface area contributed by atoms with Crippen molar-refractivity contribution in [2.75, 3.05) is 39.6 Å². The van der Waals surface area contributed by atoms with Crippen LogP contribution in [0.2, 0.25) is 0 Å². The van der Waals surface area contributed by atoms with Gasteiger partial charge in [-0.3, -0.25) is 32.5 Å². The number of phosphoric ester groups is 2. The average molecular weight is 1490 g/mol. The topological polar surface area (TPSA) is 231 Å². The summed E-state index contributed by atoms with van der Waals surface area (Å²) in [6.45, 7) is 2.57. The lowest BCUT2D eigenvalue weighted by molar-refractivity contribution is -0.161. The van der Waals surface area contributed by atoms with E-state index in [-0.39, 0.29) is 19.3 Å². The fourth-order valence-corrected chi connectivity index (χ4v) is 12.8. The van der Waals surface area contributed by atoms with E-state index in [0.29, 0.717) is 19.3 Å². The van der Waals surface area contributed by atoms with Crippen LogP contribution in [0.25, 0.3) is 0 Å². The molecule has 0 aromatic carbocycles. The van der Waals surface area contributed by atoms with E-state index < -0.39 is 91.5 Å². The number of carbonyl (C=O) groups excluding carboxylic acids is 3. The van der Waals surface area contributed by atoms with Crippen LogP contribution >= 0.6 is 15.6 Å². The monoisotopic (exact) mass is 1490 g/mol. The summed E-state index contributed by atoms with van der Waals surface area (Å²) in [6.07, 6.45) is 91.5. The quantitative estimate of drug-likeness (QED) is 0.0146. The zero-order valence-corrected chi connectivity index (χ0v) is 67.0. The molecular formula is C85H150O16P2.